The molecule has 0 aliphatic heterocycles. The number of pyridine rings is 1. The van der Waals surface area contributed by atoms with Gasteiger partial charge in [-0.3, -0.25) is 4.98 Å². The molecule has 1 aromatic heterocycles. The number of hydrogen-bond acceptors (Lipinski definition) is 3. The monoisotopic (exact) mass is 264 g/mol. The van der Waals surface area contributed by atoms with Gasteiger partial charge in [-0.1, -0.05) is 0 Å². The molecule has 3 nitrogen and oxygen atoms in total. The summed E-state index contributed by atoms with van der Waals surface area (Å²) in [4.78, 5) is 3.95. The van der Waals surface area contributed by atoms with Crippen molar-refractivity contribution in [3.05, 3.63) is 59.4 Å². The van der Waals surface area contributed by atoms with Gasteiger partial charge in [-0.05, 0) is 37.3 Å². The Hall–Kier alpha value is -2.01. The highest BCUT2D eigenvalue weighted by Gasteiger charge is 2.29. The molecule has 2 aromatic rings. The molecular formula is C14H14F2N2O. The molecule has 1 heterocycles. The Morgan fingerprint density at radius 2 is 1.84 bits per heavy atom. The van der Waals surface area contributed by atoms with Gasteiger partial charge < -0.3 is 10.5 Å². The van der Waals surface area contributed by atoms with Crippen LogP contribution in [0.1, 0.15) is 18.2 Å². The third-order valence-corrected chi connectivity index (χ3v) is 2.98. The number of nitrogens with two attached hydrogens (primary N) is 1. The summed E-state index contributed by atoms with van der Waals surface area (Å²) < 4.78 is 31.5. The fourth-order valence-corrected chi connectivity index (χ4v) is 1.91. The summed E-state index contributed by atoms with van der Waals surface area (Å²) in [6.45, 7) is 1.67. The molecule has 0 aliphatic carbocycles. The number of nitrogens with zero attached hydrogens (tertiary/aromatic N) is 1. The summed E-state index contributed by atoms with van der Waals surface area (Å²) in [5.41, 5.74) is 6.02. The molecule has 0 aliphatic rings. The minimum Gasteiger partial charge on any atom is -0.496 e. The van der Waals surface area contributed by atoms with Crippen LogP contribution < -0.4 is 10.5 Å². The van der Waals surface area contributed by atoms with Gasteiger partial charge in [0, 0.05) is 5.56 Å². The third kappa shape index (κ3) is 2.56. The summed E-state index contributed by atoms with van der Waals surface area (Å²) >= 11 is 0. The predicted molar refractivity (Wildman–Crippen MR) is 67.8 cm³/mol. The molecule has 1 aromatic carbocycles. The van der Waals surface area contributed by atoms with E-state index in [-0.39, 0.29) is 0 Å². The number of rotatable bonds is 3. The Balaban J connectivity index is 2.55. The van der Waals surface area contributed by atoms with Crippen molar-refractivity contribution in [3.8, 4) is 5.75 Å². The van der Waals surface area contributed by atoms with E-state index in [0.29, 0.717) is 17.0 Å². The van der Waals surface area contributed by atoms with E-state index in [0.717, 1.165) is 6.20 Å². The lowest BCUT2D eigenvalue weighted by Gasteiger charge is -2.26. The van der Waals surface area contributed by atoms with Crippen LogP contribution in [0.2, 0.25) is 0 Å². The average molecular weight is 264 g/mol. The fraction of sp³-hybridized carbons (Fsp3) is 0.214. The number of aromatic nitrogens is 1. The van der Waals surface area contributed by atoms with Crippen molar-refractivity contribution < 1.29 is 13.5 Å². The number of halogens is 2. The van der Waals surface area contributed by atoms with E-state index >= 15 is 0 Å². The lowest BCUT2D eigenvalue weighted by Crippen LogP contribution is -2.35. The molecular weight excluding hydrogens is 250 g/mol. The maximum atomic E-state index is 13.4. The second-order valence-electron chi connectivity index (χ2n) is 4.41. The van der Waals surface area contributed by atoms with Crippen molar-refractivity contribution in [2.45, 2.75) is 12.5 Å². The number of ether oxygens (including phenoxy) is 1. The molecule has 2 N–H and O–H groups in total. The highest BCUT2D eigenvalue weighted by atomic mass is 19.1. The molecule has 1 atom stereocenters. The largest absolute Gasteiger partial charge is 0.496 e. The topological polar surface area (TPSA) is 48.1 Å². The van der Waals surface area contributed by atoms with Crippen molar-refractivity contribution in [2.75, 3.05) is 7.11 Å². The predicted octanol–water partition coefficient (Wildman–Crippen LogP) is 2.59. The van der Waals surface area contributed by atoms with Crippen LogP contribution in [0.4, 0.5) is 8.78 Å². The van der Waals surface area contributed by atoms with Crippen LogP contribution in [-0.2, 0) is 5.54 Å². The van der Waals surface area contributed by atoms with Crippen LogP contribution in [0.25, 0.3) is 0 Å². The average Bonchev–Trinajstić information content (AvgIpc) is 2.39. The van der Waals surface area contributed by atoms with Crippen LogP contribution in [0, 0.1) is 11.6 Å². The van der Waals surface area contributed by atoms with Crippen molar-refractivity contribution in [1.82, 2.24) is 4.98 Å². The van der Waals surface area contributed by atoms with Crippen LogP contribution in [-0.4, -0.2) is 12.1 Å². The Labute approximate surface area is 110 Å². The first-order valence-corrected chi connectivity index (χ1v) is 5.70. The van der Waals surface area contributed by atoms with Gasteiger partial charge in [0.15, 0.2) is 0 Å². The summed E-state index contributed by atoms with van der Waals surface area (Å²) in [7, 11) is 1.48. The lowest BCUT2D eigenvalue weighted by molar-refractivity contribution is 0.395. The maximum absolute atomic E-state index is 13.4. The van der Waals surface area contributed by atoms with E-state index in [1.165, 1.54) is 37.4 Å². The molecule has 0 fully saturated rings. The quantitative estimate of drug-likeness (QED) is 0.927. The van der Waals surface area contributed by atoms with E-state index in [2.05, 4.69) is 4.98 Å². The molecule has 0 bridgehead atoms. The number of methoxy groups -OCH3 is 1. The fourth-order valence-electron chi connectivity index (χ4n) is 1.91. The number of hydrogen-bond donors (Lipinski definition) is 1. The van der Waals surface area contributed by atoms with Crippen molar-refractivity contribution in [2.24, 2.45) is 5.73 Å². The van der Waals surface area contributed by atoms with Gasteiger partial charge in [0.1, 0.15) is 17.4 Å². The molecule has 0 saturated carbocycles. The third-order valence-electron chi connectivity index (χ3n) is 2.98. The Kier molecular flexibility index (Phi) is 3.48. The van der Waals surface area contributed by atoms with Crippen LogP contribution >= 0.6 is 0 Å². The zero-order chi connectivity index (χ0) is 14.0. The van der Waals surface area contributed by atoms with E-state index < -0.39 is 17.2 Å². The van der Waals surface area contributed by atoms with Gasteiger partial charge in [0.2, 0.25) is 0 Å². The van der Waals surface area contributed by atoms with Gasteiger partial charge >= 0.3 is 0 Å². The number of benzene rings is 1. The summed E-state index contributed by atoms with van der Waals surface area (Å²) in [5.74, 6) is -0.419. The highest BCUT2D eigenvalue weighted by Crippen LogP contribution is 2.32. The molecule has 19 heavy (non-hydrogen) atoms. The minimum absolute atomic E-state index is 0.422. The molecule has 0 saturated heterocycles. The molecule has 0 spiro atoms. The summed E-state index contributed by atoms with van der Waals surface area (Å²) in [6, 6.07) is 6.82. The normalized spacial score (nSPS) is 13.9. The molecule has 5 heteroatoms. The Morgan fingerprint density at radius 1 is 1.16 bits per heavy atom. The first kappa shape index (κ1) is 13.4. The molecule has 100 valence electrons. The SMILES string of the molecule is COc1ccc(F)cc1C(C)(N)c1ccc(F)cn1. The van der Waals surface area contributed by atoms with Gasteiger partial charge in [-0.25, -0.2) is 8.78 Å². The second kappa shape index (κ2) is 4.93. The molecule has 1 unspecified atom stereocenters. The minimum atomic E-state index is -1.08. The Morgan fingerprint density at radius 3 is 2.42 bits per heavy atom. The lowest BCUT2D eigenvalue weighted by atomic mass is 9.88. The van der Waals surface area contributed by atoms with Gasteiger partial charge in [-0.15, -0.1) is 0 Å². The van der Waals surface area contributed by atoms with Crippen molar-refractivity contribution >= 4 is 0 Å². The van der Waals surface area contributed by atoms with Crippen LogP contribution in [0.5, 0.6) is 5.75 Å². The summed E-state index contributed by atoms with van der Waals surface area (Å²) in [5, 5.41) is 0. The van der Waals surface area contributed by atoms with E-state index in [1.807, 2.05) is 0 Å². The highest BCUT2D eigenvalue weighted by molar-refractivity contribution is 5.43. The van der Waals surface area contributed by atoms with E-state index in [9.17, 15) is 8.78 Å². The van der Waals surface area contributed by atoms with Crippen molar-refractivity contribution in [1.29, 1.82) is 0 Å². The van der Waals surface area contributed by atoms with Gasteiger partial charge in [0.05, 0.1) is 24.5 Å². The zero-order valence-corrected chi connectivity index (χ0v) is 10.7. The van der Waals surface area contributed by atoms with Gasteiger partial charge in [0.25, 0.3) is 0 Å². The second-order valence-corrected chi connectivity index (χ2v) is 4.41. The molecule has 2 rings (SSSR count). The van der Waals surface area contributed by atoms with Crippen molar-refractivity contribution in [3.63, 3.8) is 0 Å². The van der Waals surface area contributed by atoms with Gasteiger partial charge in [-0.2, -0.15) is 0 Å². The maximum Gasteiger partial charge on any atom is 0.141 e. The molecule has 0 radical (unpaired) electrons. The summed E-state index contributed by atoms with van der Waals surface area (Å²) in [6.07, 6.45) is 1.08. The first-order chi connectivity index (χ1) is 8.95. The molecule has 0 amide bonds. The van der Waals surface area contributed by atoms with Crippen LogP contribution in [0.3, 0.4) is 0 Å². The Bertz CT molecular complexity index is 582. The standard InChI is InChI=1S/C14H14F2N2O/c1-14(17,13-6-4-10(16)8-18-13)11-7-9(15)3-5-12(11)19-2/h3-8H,17H2,1-2H3. The van der Waals surface area contributed by atoms with E-state index in [1.54, 1.807) is 6.92 Å². The zero-order valence-electron chi connectivity index (χ0n) is 10.7. The van der Waals surface area contributed by atoms with Crippen LogP contribution in [0.15, 0.2) is 36.5 Å². The van der Waals surface area contributed by atoms with E-state index in [4.69, 9.17) is 10.5 Å². The smallest absolute Gasteiger partial charge is 0.141 e. The first-order valence-electron chi connectivity index (χ1n) is 5.70.